The summed E-state index contributed by atoms with van der Waals surface area (Å²) in [6.45, 7) is 3.46. The second kappa shape index (κ2) is 4.01. The molecule has 0 aliphatic carbocycles. The number of carbonyl (C=O) groups excluding carboxylic acids is 1. The molecule has 0 aromatic carbocycles. The van der Waals surface area contributed by atoms with E-state index in [0.29, 0.717) is 5.13 Å². The Hall–Kier alpha value is -1.41. The first-order chi connectivity index (χ1) is 6.13. The van der Waals surface area contributed by atoms with Crippen molar-refractivity contribution < 1.29 is 4.79 Å². The maximum absolute atomic E-state index is 11.2. The van der Waals surface area contributed by atoms with Crippen LogP contribution in [0, 0.1) is 24.2 Å². The van der Waals surface area contributed by atoms with Gasteiger partial charge in [0.05, 0.1) is 6.07 Å². The van der Waals surface area contributed by atoms with Crippen LogP contribution in [0.15, 0.2) is 6.20 Å². The lowest BCUT2D eigenvalue weighted by Crippen LogP contribution is -2.18. The smallest absolute Gasteiger partial charge is 0.243 e. The molecule has 1 atom stereocenters. The summed E-state index contributed by atoms with van der Waals surface area (Å²) >= 11 is 1.39. The molecule has 0 spiro atoms. The van der Waals surface area contributed by atoms with Crippen molar-refractivity contribution in [1.29, 1.82) is 5.26 Å². The molecule has 0 fully saturated rings. The lowest BCUT2D eigenvalue weighted by atomic mass is 10.2. The number of hydrogen-bond donors (Lipinski definition) is 1. The van der Waals surface area contributed by atoms with Crippen molar-refractivity contribution in [2.75, 3.05) is 5.32 Å². The van der Waals surface area contributed by atoms with Crippen LogP contribution in [0.25, 0.3) is 0 Å². The van der Waals surface area contributed by atoms with Crippen molar-refractivity contribution in [3.8, 4) is 6.07 Å². The van der Waals surface area contributed by atoms with E-state index in [1.807, 2.05) is 13.0 Å². The van der Waals surface area contributed by atoms with Crippen molar-refractivity contribution in [2.24, 2.45) is 5.92 Å². The normalized spacial score (nSPS) is 11.8. The van der Waals surface area contributed by atoms with Crippen molar-refractivity contribution >= 4 is 22.4 Å². The van der Waals surface area contributed by atoms with E-state index in [1.165, 1.54) is 11.3 Å². The van der Waals surface area contributed by atoms with Crippen molar-refractivity contribution in [3.63, 3.8) is 0 Å². The molecule has 0 aliphatic rings. The number of hydrogen-bond acceptors (Lipinski definition) is 4. The van der Waals surface area contributed by atoms with Crippen LogP contribution in [0.5, 0.6) is 0 Å². The molecule has 1 N–H and O–H groups in total. The third-order valence-electron chi connectivity index (χ3n) is 1.44. The van der Waals surface area contributed by atoms with Crippen molar-refractivity contribution in [2.45, 2.75) is 13.8 Å². The molecule has 1 heterocycles. The standard InChI is InChI=1S/C8H9N3OS/c1-5(3-9)7(12)11-8-10-4-6(2)13-8/h4-5H,1-2H3,(H,10,11,12). The van der Waals surface area contributed by atoms with Gasteiger partial charge in [0.25, 0.3) is 0 Å². The van der Waals surface area contributed by atoms with Crippen molar-refractivity contribution in [1.82, 2.24) is 4.98 Å². The van der Waals surface area contributed by atoms with E-state index in [1.54, 1.807) is 13.1 Å². The van der Waals surface area contributed by atoms with Gasteiger partial charge in [0.1, 0.15) is 5.92 Å². The van der Waals surface area contributed by atoms with Crippen LogP contribution in [0.4, 0.5) is 5.13 Å². The second-order valence-electron chi connectivity index (χ2n) is 2.62. The summed E-state index contributed by atoms with van der Waals surface area (Å²) in [7, 11) is 0. The number of carbonyl (C=O) groups is 1. The monoisotopic (exact) mass is 195 g/mol. The Labute approximate surface area is 80.2 Å². The van der Waals surface area contributed by atoms with Gasteiger partial charge in [-0.05, 0) is 13.8 Å². The quantitative estimate of drug-likeness (QED) is 0.778. The summed E-state index contributed by atoms with van der Waals surface area (Å²) in [5, 5.41) is 11.6. The summed E-state index contributed by atoms with van der Waals surface area (Å²) < 4.78 is 0. The highest BCUT2D eigenvalue weighted by Gasteiger charge is 2.12. The largest absolute Gasteiger partial charge is 0.301 e. The molecule has 0 saturated carbocycles. The fourth-order valence-electron chi connectivity index (χ4n) is 0.685. The van der Waals surface area contributed by atoms with Crippen molar-refractivity contribution in [3.05, 3.63) is 11.1 Å². The molecule has 0 aliphatic heterocycles. The fraction of sp³-hybridized carbons (Fsp3) is 0.375. The highest BCUT2D eigenvalue weighted by molar-refractivity contribution is 7.15. The van der Waals surface area contributed by atoms with Gasteiger partial charge in [0.2, 0.25) is 5.91 Å². The van der Waals surface area contributed by atoms with Gasteiger partial charge < -0.3 is 5.32 Å². The Morgan fingerprint density at radius 2 is 2.54 bits per heavy atom. The van der Waals surface area contributed by atoms with E-state index in [2.05, 4.69) is 10.3 Å². The van der Waals surface area contributed by atoms with Crippen LogP contribution < -0.4 is 5.32 Å². The number of nitriles is 1. The molecule has 1 aromatic heterocycles. The second-order valence-corrected chi connectivity index (χ2v) is 3.85. The third kappa shape index (κ3) is 2.53. The number of amides is 1. The van der Waals surface area contributed by atoms with Gasteiger partial charge in [-0.15, -0.1) is 11.3 Å². The predicted molar refractivity (Wildman–Crippen MR) is 50.3 cm³/mol. The van der Waals surface area contributed by atoms with Crippen LogP contribution in [0.1, 0.15) is 11.8 Å². The molecule has 1 rings (SSSR count). The van der Waals surface area contributed by atoms with E-state index in [-0.39, 0.29) is 5.91 Å². The molecule has 0 bridgehead atoms. The number of anilines is 1. The van der Waals surface area contributed by atoms with Gasteiger partial charge in [-0.3, -0.25) is 4.79 Å². The number of aromatic nitrogens is 1. The zero-order chi connectivity index (χ0) is 9.84. The lowest BCUT2D eigenvalue weighted by Gasteiger charge is -2.00. The first-order valence-electron chi connectivity index (χ1n) is 3.76. The minimum atomic E-state index is -0.635. The van der Waals surface area contributed by atoms with Crippen LogP contribution in [0.3, 0.4) is 0 Å². The third-order valence-corrected chi connectivity index (χ3v) is 2.27. The minimum absolute atomic E-state index is 0.308. The van der Waals surface area contributed by atoms with Gasteiger partial charge in [0, 0.05) is 11.1 Å². The van der Waals surface area contributed by atoms with Gasteiger partial charge in [-0.2, -0.15) is 5.26 Å². The zero-order valence-electron chi connectivity index (χ0n) is 7.37. The first-order valence-corrected chi connectivity index (χ1v) is 4.58. The van der Waals surface area contributed by atoms with Crippen LogP contribution in [-0.2, 0) is 4.79 Å². The van der Waals surface area contributed by atoms with Crippen LogP contribution in [0.2, 0.25) is 0 Å². The molecular formula is C8H9N3OS. The highest BCUT2D eigenvalue weighted by Crippen LogP contribution is 2.16. The predicted octanol–water partition coefficient (Wildman–Crippen LogP) is 1.55. The molecular weight excluding hydrogens is 186 g/mol. The Kier molecular flexibility index (Phi) is 2.98. The topological polar surface area (TPSA) is 65.8 Å². The highest BCUT2D eigenvalue weighted by atomic mass is 32.1. The maximum atomic E-state index is 11.2. The van der Waals surface area contributed by atoms with Gasteiger partial charge in [0.15, 0.2) is 5.13 Å². The van der Waals surface area contributed by atoms with E-state index in [0.717, 1.165) is 4.88 Å². The molecule has 0 saturated heterocycles. The van der Waals surface area contributed by atoms with Crippen LogP contribution in [-0.4, -0.2) is 10.9 Å². The molecule has 4 nitrogen and oxygen atoms in total. The summed E-state index contributed by atoms with van der Waals surface area (Å²) in [4.78, 5) is 16.2. The average Bonchev–Trinajstić information content (AvgIpc) is 2.49. The average molecular weight is 195 g/mol. The summed E-state index contributed by atoms with van der Waals surface area (Å²) in [5.74, 6) is -0.943. The summed E-state index contributed by atoms with van der Waals surface area (Å²) in [6, 6.07) is 1.86. The van der Waals surface area contributed by atoms with E-state index in [4.69, 9.17) is 5.26 Å². The molecule has 1 unspecified atom stereocenters. The Morgan fingerprint density at radius 3 is 3.00 bits per heavy atom. The number of aryl methyl sites for hydroxylation is 1. The van der Waals surface area contributed by atoms with Crippen LogP contribution >= 0.6 is 11.3 Å². The maximum Gasteiger partial charge on any atom is 0.243 e. The number of nitrogens with one attached hydrogen (secondary N) is 1. The Bertz CT molecular complexity index is 353. The molecule has 13 heavy (non-hydrogen) atoms. The SMILES string of the molecule is Cc1cnc(NC(=O)C(C)C#N)s1. The Balaban J connectivity index is 2.61. The molecule has 68 valence electrons. The zero-order valence-corrected chi connectivity index (χ0v) is 8.18. The van der Waals surface area contributed by atoms with Gasteiger partial charge >= 0.3 is 0 Å². The summed E-state index contributed by atoms with van der Waals surface area (Å²) in [5.41, 5.74) is 0. The molecule has 1 aromatic rings. The van der Waals surface area contributed by atoms with E-state index >= 15 is 0 Å². The lowest BCUT2D eigenvalue weighted by molar-refractivity contribution is -0.117. The first kappa shape index (κ1) is 9.68. The molecule has 0 radical (unpaired) electrons. The fourth-order valence-corrected chi connectivity index (χ4v) is 1.35. The molecule has 1 amide bonds. The van der Waals surface area contributed by atoms with Gasteiger partial charge in [-0.1, -0.05) is 0 Å². The minimum Gasteiger partial charge on any atom is -0.301 e. The number of nitrogens with zero attached hydrogens (tertiary/aromatic N) is 2. The van der Waals surface area contributed by atoms with E-state index < -0.39 is 5.92 Å². The molecule has 5 heteroatoms. The Morgan fingerprint density at radius 1 is 1.85 bits per heavy atom. The number of thiazole rings is 1. The van der Waals surface area contributed by atoms with Gasteiger partial charge in [-0.25, -0.2) is 4.98 Å². The van der Waals surface area contributed by atoms with E-state index in [9.17, 15) is 4.79 Å². The summed E-state index contributed by atoms with van der Waals surface area (Å²) in [6.07, 6.45) is 1.68. The number of rotatable bonds is 2.